The first kappa shape index (κ1) is 9.45. The fraction of sp³-hybridized carbons (Fsp3) is 0.111. The van der Waals surface area contributed by atoms with Crippen LogP contribution in [0.3, 0.4) is 0 Å². The fourth-order valence-electron chi connectivity index (χ4n) is 1.27. The van der Waals surface area contributed by atoms with Gasteiger partial charge in [0.15, 0.2) is 0 Å². The molecular weight excluding hydrogens is 203 g/mol. The van der Waals surface area contributed by atoms with Gasteiger partial charge in [-0.1, -0.05) is 0 Å². The summed E-state index contributed by atoms with van der Waals surface area (Å²) >= 11 is 0. The van der Waals surface area contributed by atoms with Gasteiger partial charge in [-0.25, -0.2) is 9.18 Å². The van der Waals surface area contributed by atoms with E-state index in [-0.39, 0.29) is 6.01 Å². The largest absolute Gasteiger partial charge is 0.478 e. The third kappa shape index (κ3) is 1.50. The van der Waals surface area contributed by atoms with Crippen LogP contribution in [-0.2, 0) is 0 Å². The molecule has 15 heavy (non-hydrogen) atoms. The van der Waals surface area contributed by atoms with Crippen LogP contribution in [0.1, 0.15) is 10.4 Å². The van der Waals surface area contributed by atoms with E-state index in [0.29, 0.717) is 11.0 Å². The lowest BCUT2D eigenvalue weighted by atomic mass is 10.2. The van der Waals surface area contributed by atoms with Gasteiger partial charge in [0, 0.05) is 6.07 Å². The normalized spacial score (nSPS) is 10.5. The van der Waals surface area contributed by atoms with Crippen LogP contribution < -0.4 is 4.74 Å². The molecule has 1 aromatic carbocycles. The summed E-state index contributed by atoms with van der Waals surface area (Å²) in [5.41, 5.74) is 0.344. The third-order valence-electron chi connectivity index (χ3n) is 1.97. The second-order valence-corrected chi connectivity index (χ2v) is 2.90. The summed E-state index contributed by atoms with van der Waals surface area (Å²) in [5, 5.41) is 8.68. The first-order chi connectivity index (χ1) is 7.11. The van der Waals surface area contributed by atoms with Gasteiger partial charge in [0.05, 0.1) is 23.7 Å². The standard InChI is InChI=1S/C9H7FN2O3/c1-15-9-11-6-2-4(8(13)14)5(10)3-7(6)12-9/h2-3H,1H3,(H,11,12)(H,13,14). The molecule has 1 heterocycles. The van der Waals surface area contributed by atoms with Crippen LogP contribution >= 0.6 is 0 Å². The summed E-state index contributed by atoms with van der Waals surface area (Å²) in [4.78, 5) is 17.2. The lowest BCUT2D eigenvalue weighted by Crippen LogP contribution is -1.99. The number of nitrogens with zero attached hydrogens (tertiary/aromatic N) is 1. The molecule has 0 amide bonds. The quantitative estimate of drug-likeness (QED) is 0.785. The molecule has 1 aromatic heterocycles. The fourth-order valence-corrected chi connectivity index (χ4v) is 1.27. The van der Waals surface area contributed by atoms with Gasteiger partial charge in [0.2, 0.25) is 0 Å². The summed E-state index contributed by atoms with van der Waals surface area (Å²) in [6.45, 7) is 0. The van der Waals surface area contributed by atoms with Crippen molar-refractivity contribution in [2.24, 2.45) is 0 Å². The minimum Gasteiger partial charge on any atom is -0.478 e. The van der Waals surface area contributed by atoms with E-state index < -0.39 is 17.3 Å². The zero-order valence-corrected chi connectivity index (χ0v) is 7.74. The van der Waals surface area contributed by atoms with E-state index in [9.17, 15) is 9.18 Å². The topological polar surface area (TPSA) is 75.2 Å². The highest BCUT2D eigenvalue weighted by Crippen LogP contribution is 2.19. The number of aromatic nitrogens is 2. The number of fused-ring (bicyclic) bond motifs is 1. The molecule has 0 atom stereocenters. The molecule has 0 fully saturated rings. The molecule has 5 nitrogen and oxygen atoms in total. The van der Waals surface area contributed by atoms with E-state index >= 15 is 0 Å². The number of methoxy groups -OCH3 is 1. The first-order valence-electron chi connectivity index (χ1n) is 4.08. The Kier molecular flexibility index (Phi) is 2.03. The molecule has 0 aliphatic heterocycles. The van der Waals surface area contributed by atoms with E-state index in [1.54, 1.807) is 0 Å². The molecule has 0 radical (unpaired) electrons. The van der Waals surface area contributed by atoms with Crippen LogP contribution in [0.25, 0.3) is 11.0 Å². The van der Waals surface area contributed by atoms with E-state index in [1.807, 2.05) is 0 Å². The van der Waals surface area contributed by atoms with Gasteiger partial charge in [-0.2, -0.15) is 4.98 Å². The van der Waals surface area contributed by atoms with Crippen molar-refractivity contribution in [1.82, 2.24) is 9.97 Å². The maximum absolute atomic E-state index is 13.2. The first-order valence-corrected chi connectivity index (χ1v) is 4.08. The predicted octanol–water partition coefficient (Wildman–Crippen LogP) is 1.41. The Bertz CT molecular complexity index is 535. The third-order valence-corrected chi connectivity index (χ3v) is 1.97. The van der Waals surface area contributed by atoms with Crippen molar-refractivity contribution in [1.29, 1.82) is 0 Å². The van der Waals surface area contributed by atoms with E-state index in [2.05, 4.69) is 9.97 Å². The Morgan fingerprint density at radius 3 is 2.93 bits per heavy atom. The van der Waals surface area contributed by atoms with Gasteiger partial charge in [0.25, 0.3) is 6.01 Å². The van der Waals surface area contributed by atoms with Crippen molar-refractivity contribution in [3.63, 3.8) is 0 Å². The second-order valence-electron chi connectivity index (χ2n) is 2.90. The molecule has 0 aliphatic carbocycles. The van der Waals surface area contributed by atoms with Crippen LogP contribution in [-0.4, -0.2) is 28.2 Å². The van der Waals surface area contributed by atoms with Crippen LogP contribution in [0.5, 0.6) is 6.01 Å². The number of aromatic amines is 1. The molecule has 2 aromatic rings. The number of halogens is 1. The summed E-state index contributed by atoms with van der Waals surface area (Å²) in [6, 6.07) is 2.45. The SMILES string of the molecule is COc1nc2cc(C(=O)O)c(F)cc2[nH]1. The van der Waals surface area contributed by atoms with Crippen LogP contribution in [0.2, 0.25) is 0 Å². The van der Waals surface area contributed by atoms with Crippen molar-refractivity contribution in [3.8, 4) is 6.01 Å². The number of ether oxygens (including phenoxy) is 1. The number of carbonyl (C=O) groups is 1. The Labute approximate surface area is 83.5 Å². The van der Waals surface area contributed by atoms with Gasteiger partial charge in [0.1, 0.15) is 5.82 Å². The summed E-state index contributed by atoms with van der Waals surface area (Å²) in [5.74, 6) is -2.13. The Morgan fingerprint density at radius 1 is 1.60 bits per heavy atom. The maximum atomic E-state index is 13.2. The lowest BCUT2D eigenvalue weighted by Gasteiger charge is -1.95. The van der Waals surface area contributed by atoms with Crippen molar-refractivity contribution in [2.45, 2.75) is 0 Å². The number of nitrogens with one attached hydrogen (secondary N) is 1. The summed E-state index contributed by atoms with van der Waals surface area (Å²) < 4.78 is 18.0. The van der Waals surface area contributed by atoms with Gasteiger partial charge in [-0.3, -0.25) is 0 Å². The highest BCUT2D eigenvalue weighted by Gasteiger charge is 2.13. The monoisotopic (exact) mass is 210 g/mol. The number of carboxylic acid groups (broad SMARTS) is 1. The van der Waals surface area contributed by atoms with Gasteiger partial charge in [-0.05, 0) is 6.07 Å². The van der Waals surface area contributed by atoms with Gasteiger partial charge < -0.3 is 14.8 Å². The van der Waals surface area contributed by atoms with E-state index in [0.717, 1.165) is 12.1 Å². The number of hydrogen-bond donors (Lipinski definition) is 2. The van der Waals surface area contributed by atoms with Crippen molar-refractivity contribution < 1.29 is 19.0 Å². The molecule has 0 saturated carbocycles. The second kappa shape index (κ2) is 3.23. The van der Waals surface area contributed by atoms with Crippen LogP contribution in [0.15, 0.2) is 12.1 Å². The Morgan fingerprint density at radius 2 is 2.33 bits per heavy atom. The zero-order valence-electron chi connectivity index (χ0n) is 7.74. The molecule has 2 rings (SSSR count). The summed E-state index contributed by atoms with van der Waals surface area (Å²) in [7, 11) is 1.41. The minimum absolute atomic E-state index is 0.215. The average molecular weight is 210 g/mol. The van der Waals surface area contributed by atoms with Crippen LogP contribution in [0, 0.1) is 5.82 Å². The van der Waals surface area contributed by atoms with E-state index in [4.69, 9.17) is 9.84 Å². The van der Waals surface area contributed by atoms with Crippen LogP contribution in [0.4, 0.5) is 4.39 Å². The number of H-pyrrole nitrogens is 1. The molecule has 2 N–H and O–H groups in total. The highest BCUT2D eigenvalue weighted by molar-refractivity contribution is 5.92. The average Bonchev–Trinajstić information content (AvgIpc) is 2.58. The smallest absolute Gasteiger partial charge is 0.338 e. The molecular formula is C9H7FN2O3. The Hall–Kier alpha value is -2.11. The maximum Gasteiger partial charge on any atom is 0.338 e. The number of rotatable bonds is 2. The van der Waals surface area contributed by atoms with Crippen molar-refractivity contribution in [3.05, 3.63) is 23.5 Å². The van der Waals surface area contributed by atoms with Gasteiger partial charge in [-0.15, -0.1) is 0 Å². The molecule has 0 saturated heterocycles. The predicted molar refractivity (Wildman–Crippen MR) is 49.6 cm³/mol. The van der Waals surface area contributed by atoms with Crippen molar-refractivity contribution >= 4 is 17.0 Å². The minimum atomic E-state index is -1.32. The molecule has 0 spiro atoms. The molecule has 0 aliphatic rings. The molecule has 78 valence electrons. The summed E-state index contributed by atoms with van der Waals surface area (Å²) in [6.07, 6.45) is 0. The lowest BCUT2D eigenvalue weighted by molar-refractivity contribution is 0.0692. The number of hydrogen-bond acceptors (Lipinski definition) is 3. The molecule has 6 heteroatoms. The van der Waals surface area contributed by atoms with Crippen molar-refractivity contribution in [2.75, 3.05) is 7.11 Å². The number of carboxylic acids is 1. The number of imidazole rings is 1. The number of benzene rings is 1. The zero-order chi connectivity index (χ0) is 11.0. The Balaban J connectivity index is 2.68. The highest BCUT2D eigenvalue weighted by atomic mass is 19.1. The molecule has 0 bridgehead atoms. The molecule has 0 unspecified atom stereocenters. The number of aromatic carboxylic acids is 1. The van der Waals surface area contributed by atoms with E-state index in [1.165, 1.54) is 7.11 Å². The van der Waals surface area contributed by atoms with Gasteiger partial charge >= 0.3 is 5.97 Å².